The van der Waals surface area contributed by atoms with Crippen LogP contribution in [-0.2, 0) is 9.09 Å². The molecule has 8 nitrogen and oxygen atoms in total. The summed E-state index contributed by atoms with van der Waals surface area (Å²) < 4.78 is 27.8. The summed E-state index contributed by atoms with van der Waals surface area (Å²) in [6.07, 6.45) is 1.11. The van der Waals surface area contributed by atoms with Crippen molar-refractivity contribution in [2.24, 2.45) is 0 Å². The van der Waals surface area contributed by atoms with E-state index in [1.54, 1.807) is 31.2 Å². The third-order valence-corrected chi connectivity index (χ3v) is 5.01. The van der Waals surface area contributed by atoms with Crippen LogP contribution in [-0.4, -0.2) is 40.3 Å². The van der Waals surface area contributed by atoms with E-state index in [1.165, 1.54) is 18.2 Å². The maximum absolute atomic E-state index is 12.9. The number of hydrogen-bond acceptors (Lipinski definition) is 7. The quantitative estimate of drug-likeness (QED) is 0.636. The molecule has 3 atom stereocenters. The van der Waals surface area contributed by atoms with Crippen LogP contribution in [0.1, 0.15) is 12.7 Å². The number of aliphatic hydroxyl groups is 2. The fraction of sp³-hybridized carbons (Fsp3) is 0.278. The first-order valence-corrected chi connectivity index (χ1v) is 10.00. The van der Waals surface area contributed by atoms with E-state index in [1.807, 2.05) is 0 Å². The average Bonchev–Trinajstić information content (AvgIpc) is 2.63. The van der Waals surface area contributed by atoms with Gasteiger partial charge in [0.1, 0.15) is 17.8 Å². The number of benzene rings is 1. The van der Waals surface area contributed by atoms with Crippen LogP contribution in [0.5, 0.6) is 5.75 Å². The molecule has 0 spiro atoms. The van der Waals surface area contributed by atoms with Crippen molar-refractivity contribution in [1.82, 2.24) is 0 Å². The highest BCUT2D eigenvalue weighted by Crippen LogP contribution is 2.42. The zero-order valence-corrected chi connectivity index (χ0v) is 15.3. The van der Waals surface area contributed by atoms with Gasteiger partial charge in [0.15, 0.2) is 12.1 Å². The standard InChI is InChI=1S/C18H19O8P/c1-2-25-27(22,23)10-24-18-16(21)12-5-3-4-6-15(12)26-17(18)11-7-8-13(19)14(20)9-11/h3-9,13-14,19-20H,2,10H2,1H3,(H,22,23). The summed E-state index contributed by atoms with van der Waals surface area (Å²) in [5.41, 5.74) is 0.0600. The van der Waals surface area contributed by atoms with Crippen LogP contribution in [0.15, 0.2) is 51.7 Å². The van der Waals surface area contributed by atoms with Gasteiger partial charge in [0, 0.05) is 5.57 Å². The van der Waals surface area contributed by atoms with Crippen molar-refractivity contribution < 1.29 is 33.3 Å². The van der Waals surface area contributed by atoms with Crippen molar-refractivity contribution in [3.05, 3.63) is 58.5 Å². The summed E-state index contributed by atoms with van der Waals surface area (Å²) in [7, 11) is -4.05. The fourth-order valence-electron chi connectivity index (χ4n) is 2.64. The largest absolute Gasteiger partial charge is 0.473 e. The van der Waals surface area contributed by atoms with Gasteiger partial charge in [-0.2, -0.15) is 0 Å². The van der Waals surface area contributed by atoms with E-state index in [0.29, 0.717) is 5.57 Å². The first kappa shape index (κ1) is 19.5. The SMILES string of the molecule is CCOP(=O)(O)COc1c(C2=CC(O)C(O)C=C2)oc2ccccc2c1=O. The summed E-state index contributed by atoms with van der Waals surface area (Å²) in [4.78, 5) is 22.6. The molecule has 1 aliphatic carbocycles. The number of rotatable bonds is 6. The number of aliphatic hydroxyl groups excluding tert-OH is 2. The summed E-state index contributed by atoms with van der Waals surface area (Å²) >= 11 is 0. The average molecular weight is 394 g/mol. The summed E-state index contributed by atoms with van der Waals surface area (Å²) in [5.74, 6) is -0.292. The van der Waals surface area contributed by atoms with Gasteiger partial charge < -0.3 is 28.8 Å². The van der Waals surface area contributed by atoms with Crippen molar-refractivity contribution in [3.8, 4) is 5.75 Å². The molecule has 0 aliphatic heterocycles. The smallest absolute Gasteiger partial charge is 0.365 e. The number of hydrogen-bond donors (Lipinski definition) is 3. The molecule has 144 valence electrons. The molecule has 1 aliphatic rings. The minimum atomic E-state index is -4.05. The first-order valence-electron chi connectivity index (χ1n) is 8.24. The lowest BCUT2D eigenvalue weighted by Crippen LogP contribution is -2.24. The molecule has 1 aromatic carbocycles. The van der Waals surface area contributed by atoms with Crippen molar-refractivity contribution >= 4 is 24.1 Å². The first-order chi connectivity index (χ1) is 12.8. The van der Waals surface area contributed by atoms with Gasteiger partial charge in [0.05, 0.1) is 12.0 Å². The van der Waals surface area contributed by atoms with Gasteiger partial charge in [0.2, 0.25) is 11.2 Å². The predicted octanol–water partition coefficient (Wildman–Crippen LogP) is 2.03. The van der Waals surface area contributed by atoms with Gasteiger partial charge in [0.25, 0.3) is 0 Å². The molecule has 0 radical (unpaired) electrons. The topological polar surface area (TPSA) is 126 Å². The van der Waals surface area contributed by atoms with Gasteiger partial charge in [-0.15, -0.1) is 0 Å². The van der Waals surface area contributed by atoms with Crippen LogP contribution < -0.4 is 10.2 Å². The van der Waals surface area contributed by atoms with E-state index in [2.05, 4.69) is 0 Å². The Morgan fingerprint density at radius 1 is 1.22 bits per heavy atom. The lowest BCUT2D eigenvalue weighted by molar-refractivity contribution is 0.0798. The number of allylic oxidation sites excluding steroid dienone is 2. The second-order valence-corrected chi connectivity index (χ2v) is 7.67. The van der Waals surface area contributed by atoms with Crippen molar-refractivity contribution in [2.75, 3.05) is 13.0 Å². The molecule has 3 unspecified atom stereocenters. The van der Waals surface area contributed by atoms with Gasteiger partial charge >= 0.3 is 7.60 Å². The number of para-hydroxylation sites is 1. The monoisotopic (exact) mass is 394 g/mol. The zero-order chi connectivity index (χ0) is 19.6. The highest BCUT2D eigenvalue weighted by Gasteiger charge is 2.26. The lowest BCUT2D eigenvalue weighted by atomic mass is 9.99. The van der Waals surface area contributed by atoms with Gasteiger partial charge in [-0.05, 0) is 25.1 Å². The second kappa shape index (κ2) is 7.80. The van der Waals surface area contributed by atoms with E-state index in [0.717, 1.165) is 0 Å². The van der Waals surface area contributed by atoms with E-state index >= 15 is 0 Å². The molecule has 9 heteroatoms. The maximum Gasteiger partial charge on any atom is 0.365 e. The second-order valence-electron chi connectivity index (χ2n) is 5.88. The van der Waals surface area contributed by atoms with Crippen molar-refractivity contribution in [1.29, 1.82) is 0 Å². The molecule has 0 saturated heterocycles. The zero-order valence-electron chi connectivity index (χ0n) is 14.4. The molecule has 0 amide bonds. The van der Waals surface area contributed by atoms with E-state index < -0.39 is 31.6 Å². The van der Waals surface area contributed by atoms with Crippen LogP contribution in [0.4, 0.5) is 0 Å². The molecule has 1 aromatic heterocycles. The minimum absolute atomic E-state index is 0.00823. The predicted molar refractivity (Wildman–Crippen MR) is 98.6 cm³/mol. The van der Waals surface area contributed by atoms with Crippen LogP contribution in [0.3, 0.4) is 0 Å². The van der Waals surface area contributed by atoms with E-state index in [9.17, 15) is 24.5 Å². The van der Waals surface area contributed by atoms with E-state index in [-0.39, 0.29) is 29.1 Å². The maximum atomic E-state index is 12.9. The molecule has 1 heterocycles. The Kier molecular flexibility index (Phi) is 5.64. The third-order valence-electron chi connectivity index (χ3n) is 3.89. The fourth-order valence-corrected chi connectivity index (χ4v) is 3.41. The Hall–Kier alpha value is -2.22. The number of ether oxygens (including phenoxy) is 1. The Morgan fingerprint density at radius 3 is 2.67 bits per heavy atom. The van der Waals surface area contributed by atoms with Crippen LogP contribution in [0, 0.1) is 0 Å². The third kappa shape index (κ3) is 4.21. The summed E-state index contributed by atoms with van der Waals surface area (Å²) in [5, 5.41) is 19.7. The molecule has 0 saturated carbocycles. The Bertz CT molecular complexity index is 1010. The Balaban J connectivity index is 2.11. The molecular weight excluding hydrogens is 375 g/mol. The van der Waals surface area contributed by atoms with Gasteiger partial charge in [-0.25, -0.2) is 0 Å². The molecule has 0 bridgehead atoms. The van der Waals surface area contributed by atoms with Gasteiger partial charge in [-0.3, -0.25) is 9.36 Å². The molecule has 0 fully saturated rings. The Labute approximate surface area is 154 Å². The summed E-state index contributed by atoms with van der Waals surface area (Å²) in [6.45, 7) is 1.57. The van der Waals surface area contributed by atoms with E-state index in [4.69, 9.17) is 13.7 Å². The van der Waals surface area contributed by atoms with Crippen molar-refractivity contribution in [2.45, 2.75) is 19.1 Å². The molecule has 27 heavy (non-hydrogen) atoms. The van der Waals surface area contributed by atoms with Crippen LogP contribution in [0.25, 0.3) is 16.5 Å². The molecule has 3 N–H and O–H groups in total. The van der Waals surface area contributed by atoms with Gasteiger partial charge in [-0.1, -0.05) is 24.3 Å². The minimum Gasteiger partial charge on any atom is -0.473 e. The highest BCUT2D eigenvalue weighted by molar-refractivity contribution is 7.52. The molecular formula is C18H19O8P. The highest BCUT2D eigenvalue weighted by atomic mass is 31.2. The molecule has 2 aromatic rings. The lowest BCUT2D eigenvalue weighted by Gasteiger charge is -2.19. The number of fused-ring (bicyclic) bond motifs is 1. The molecule has 3 rings (SSSR count). The van der Waals surface area contributed by atoms with Crippen molar-refractivity contribution in [3.63, 3.8) is 0 Å². The normalized spacial score (nSPS) is 21.7. The van der Waals surface area contributed by atoms with Crippen LogP contribution >= 0.6 is 7.60 Å². The Morgan fingerprint density at radius 2 is 1.96 bits per heavy atom. The van der Waals surface area contributed by atoms with Crippen LogP contribution in [0.2, 0.25) is 0 Å². The summed E-state index contributed by atoms with van der Waals surface area (Å²) in [6, 6.07) is 6.48.